The standard InChI is InChI=1S/C15H29N3O2.ClH/c1-4-6-13(16)15(20)18-8-5-7-12(10-18)9-17-14(19)11(2)3;/h11-13H,4-10,16H2,1-3H3,(H,17,19);1H. The Morgan fingerprint density at radius 2 is 2.05 bits per heavy atom. The van der Waals surface area contributed by atoms with Crippen LogP contribution in [-0.2, 0) is 9.59 Å². The van der Waals surface area contributed by atoms with E-state index in [1.165, 1.54) is 0 Å². The molecule has 1 aliphatic heterocycles. The van der Waals surface area contributed by atoms with Crippen molar-refractivity contribution < 1.29 is 9.59 Å². The van der Waals surface area contributed by atoms with Crippen molar-refractivity contribution in [2.75, 3.05) is 19.6 Å². The van der Waals surface area contributed by atoms with Gasteiger partial charge in [-0.2, -0.15) is 0 Å². The molecule has 1 rings (SSSR count). The Hall–Kier alpha value is -0.810. The van der Waals surface area contributed by atoms with Gasteiger partial charge in [-0.1, -0.05) is 27.2 Å². The first kappa shape index (κ1) is 20.2. The number of nitrogens with one attached hydrogen (secondary N) is 1. The van der Waals surface area contributed by atoms with E-state index in [-0.39, 0.29) is 36.2 Å². The summed E-state index contributed by atoms with van der Waals surface area (Å²) in [6, 6.07) is -0.371. The third-order valence-electron chi connectivity index (χ3n) is 3.84. The Morgan fingerprint density at radius 1 is 1.38 bits per heavy atom. The molecular weight excluding hydrogens is 290 g/mol. The SMILES string of the molecule is CCCC(N)C(=O)N1CCCC(CNC(=O)C(C)C)C1.Cl. The molecule has 0 radical (unpaired) electrons. The van der Waals surface area contributed by atoms with E-state index < -0.39 is 0 Å². The maximum absolute atomic E-state index is 12.2. The van der Waals surface area contributed by atoms with E-state index in [4.69, 9.17) is 5.73 Å². The average Bonchev–Trinajstić information content (AvgIpc) is 2.44. The van der Waals surface area contributed by atoms with Crippen molar-refractivity contribution in [3.8, 4) is 0 Å². The number of carbonyl (C=O) groups excluding carboxylic acids is 2. The summed E-state index contributed by atoms with van der Waals surface area (Å²) in [4.78, 5) is 25.6. The largest absolute Gasteiger partial charge is 0.356 e. The van der Waals surface area contributed by atoms with Crippen LogP contribution in [0.3, 0.4) is 0 Å². The van der Waals surface area contributed by atoms with Gasteiger partial charge in [0.05, 0.1) is 6.04 Å². The number of amides is 2. The van der Waals surface area contributed by atoms with Crippen molar-refractivity contribution in [2.24, 2.45) is 17.6 Å². The lowest BCUT2D eigenvalue weighted by atomic mass is 9.96. The Morgan fingerprint density at radius 3 is 2.62 bits per heavy atom. The molecule has 2 unspecified atom stereocenters. The molecule has 0 aliphatic carbocycles. The van der Waals surface area contributed by atoms with Gasteiger partial charge in [-0.3, -0.25) is 9.59 Å². The third kappa shape index (κ3) is 6.66. The predicted molar refractivity (Wildman–Crippen MR) is 87.3 cm³/mol. The fraction of sp³-hybridized carbons (Fsp3) is 0.867. The normalized spacial score (nSPS) is 19.9. The van der Waals surface area contributed by atoms with E-state index in [0.717, 1.165) is 32.2 Å². The molecule has 3 N–H and O–H groups in total. The van der Waals surface area contributed by atoms with Crippen LogP contribution >= 0.6 is 12.4 Å². The van der Waals surface area contributed by atoms with Crippen LogP contribution in [0.4, 0.5) is 0 Å². The number of nitrogens with two attached hydrogens (primary N) is 1. The molecule has 6 heteroatoms. The van der Waals surface area contributed by atoms with Crippen molar-refractivity contribution in [3.05, 3.63) is 0 Å². The topological polar surface area (TPSA) is 75.4 Å². The minimum Gasteiger partial charge on any atom is -0.356 e. The molecule has 1 aliphatic rings. The average molecular weight is 320 g/mol. The zero-order valence-corrected chi connectivity index (χ0v) is 14.2. The van der Waals surface area contributed by atoms with Crippen molar-refractivity contribution in [3.63, 3.8) is 0 Å². The fourth-order valence-electron chi connectivity index (χ4n) is 2.55. The van der Waals surface area contributed by atoms with E-state index in [9.17, 15) is 9.59 Å². The van der Waals surface area contributed by atoms with Gasteiger partial charge >= 0.3 is 0 Å². The first-order valence-corrected chi connectivity index (χ1v) is 7.77. The second-order valence-electron chi connectivity index (χ2n) is 6.09. The first-order chi connectivity index (χ1) is 9.45. The highest BCUT2D eigenvalue weighted by atomic mass is 35.5. The van der Waals surface area contributed by atoms with Gasteiger partial charge in [0, 0.05) is 25.6 Å². The zero-order chi connectivity index (χ0) is 15.1. The molecule has 0 spiro atoms. The number of hydrogen-bond donors (Lipinski definition) is 2. The molecule has 0 saturated carbocycles. The van der Waals surface area contributed by atoms with Crippen molar-refractivity contribution >= 4 is 24.2 Å². The summed E-state index contributed by atoms with van der Waals surface area (Å²) < 4.78 is 0. The second kappa shape index (κ2) is 10.0. The van der Waals surface area contributed by atoms with Gasteiger partial charge in [0.2, 0.25) is 11.8 Å². The molecule has 0 aromatic carbocycles. The van der Waals surface area contributed by atoms with Crippen molar-refractivity contribution in [1.29, 1.82) is 0 Å². The maximum atomic E-state index is 12.2. The van der Waals surface area contributed by atoms with Crippen LogP contribution < -0.4 is 11.1 Å². The molecule has 2 atom stereocenters. The molecule has 1 heterocycles. The summed E-state index contributed by atoms with van der Waals surface area (Å²) in [5, 5.41) is 2.96. The summed E-state index contributed by atoms with van der Waals surface area (Å²) in [7, 11) is 0. The van der Waals surface area contributed by atoms with Crippen molar-refractivity contribution in [1.82, 2.24) is 10.2 Å². The number of nitrogens with zero attached hydrogens (tertiary/aromatic N) is 1. The second-order valence-corrected chi connectivity index (χ2v) is 6.09. The van der Waals surface area contributed by atoms with Gasteiger partial charge in [0.1, 0.15) is 0 Å². The maximum Gasteiger partial charge on any atom is 0.239 e. The van der Waals surface area contributed by atoms with Gasteiger partial charge in [-0.25, -0.2) is 0 Å². The summed E-state index contributed by atoms with van der Waals surface area (Å²) in [5.41, 5.74) is 5.90. The molecule has 124 valence electrons. The zero-order valence-electron chi connectivity index (χ0n) is 13.4. The summed E-state index contributed by atoms with van der Waals surface area (Å²) >= 11 is 0. The van der Waals surface area contributed by atoms with Crippen LogP contribution in [-0.4, -0.2) is 42.4 Å². The van der Waals surface area contributed by atoms with Gasteiger partial charge in [-0.15, -0.1) is 12.4 Å². The Balaban J connectivity index is 0.00000400. The molecule has 0 aromatic heterocycles. The van der Waals surface area contributed by atoms with Crippen LogP contribution in [0.2, 0.25) is 0 Å². The molecule has 1 saturated heterocycles. The highest BCUT2D eigenvalue weighted by molar-refractivity contribution is 5.85. The van der Waals surface area contributed by atoms with E-state index in [2.05, 4.69) is 5.32 Å². The molecule has 2 amide bonds. The Labute approximate surface area is 134 Å². The van der Waals surface area contributed by atoms with Gasteiger partial charge in [-0.05, 0) is 25.2 Å². The number of carbonyl (C=O) groups is 2. The summed E-state index contributed by atoms with van der Waals surface area (Å²) in [5.74, 6) is 0.501. The molecule has 0 aromatic rings. The van der Waals surface area contributed by atoms with Crippen LogP contribution in [0, 0.1) is 11.8 Å². The number of halogens is 1. The highest BCUT2D eigenvalue weighted by Crippen LogP contribution is 2.17. The highest BCUT2D eigenvalue weighted by Gasteiger charge is 2.26. The summed E-state index contributed by atoms with van der Waals surface area (Å²) in [6.07, 6.45) is 3.72. The quantitative estimate of drug-likeness (QED) is 0.780. The third-order valence-corrected chi connectivity index (χ3v) is 3.84. The lowest BCUT2D eigenvalue weighted by Crippen LogP contribution is -2.49. The minimum absolute atomic E-state index is 0. The molecule has 0 bridgehead atoms. The fourth-order valence-corrected chi connectivity index (χ4v) is 2.55. The summed E-state index contributed by atoms with van der Waals surface area (Å²) in [6.45, 7) is 7.97. The first-order valence-electron chi connectivity index (χ1n) is 7.77. The molecular formula is C15H30ClN3O2. The Bertz CT molecular complexity index is 337. The van der Waals surface area contributed by atoms with E-state index in [1.54, 1.807) is 0 Å². The van der Waals surface area contributed by atoms with E-state index in [1.807, 2.05) is 25.7 Å². The smallest absolute Gasteiger partial charge is 0.239 e. The van der Waals surface area contributed by atoms with Gasteiger partial charge in [0.25, 0.3) is 0 Å². The number of rotatable bonds is 6. The lowest BCUT2D eigenvalue weighted by Gasteiger charge is -2.34. The number of likely N-dealkylation sites (tertiary alicyclic amines) is 1. The van der Waals surface area contributed by atoms with Crippen LogP contribution in [0.25, 0.3) is 0 Å². The Kier molecular flexibility index (Phi) is 9.62. The monoisotopic (exact) mass is 319 g/mol. The van der Waals surface area contributed by atoms with Gasteiger partial charge < -0.3 is 16.0 Å². The molecule has 1 fully saturated rings. The van der Waals surface area contributed by atoms with Gasteiger partial charge in [0.15, 0.2) is 0 Å². The van der Waals surface area contributed by atoms with Crippen LogP contribution in [0.5, 0.6) is 0 Å². The van der Waals surface area contributed by atoms with Crippen LogP contribution in [0.1, 0.15) is 46.5 Å². The van der Waals surface area contributed by atoms with E-state index >= 15 is 0 Å². The molecule has 5 nitrogen and oxygen atoms in total. The van der Waals surface area contributed by atoms with Crippen molar-refractivity contribution in [2.45, 2.75) is 52.5 Å². The lowest BCUT2D eigenvalue weighted by molar-refractivity contribution is -0.134. The van der Waals surface area contributed by atoms with Crippen LogP contribution in [0.15, 0.2) is 0 Å². The molecule has 21 heavy (non-hydrogen) atoms. The van der Waals surface area contributed by atoms with E-state index in [0.29, 0.717) is 19.0 Å². The number of hydrogen-bond acceptors (Lipinski definition) is 3. The predicted octanol–water partition coefficient (Wildman–Crippen LogP) is 1.55. The minimum atomic E-state index is -0.371. The number of piperidine rings is 1.